The minimum absolute atomic E-state index is 0.00640. The Balaban J connectivity index is 1.64. The summed E-state index contributed by atoms with van der Waals surface area (Å²) in [6.45, 7) is 5.10. The molecule has 0 saturated carbocycles. The maximum Gasteiger partial charge on any atom is 0.317 e. The van der Waals surface area contributed by atoms with Crippen molar-refractivity contribution in [3.63, 3.8) is 0 Å². The number of hydrogen-bond acceptors (Lipinski definition) is 4. The van der Waals surface area contributed by atoms with Crippen LogP contribution in [0.2, 0.25) is 0 Å². The van der Waals surface area contributed by atoms with E-state index in [0.29, 0.717) is 31.9 Å². The van der Waals surface area contributed by atoms with Crippen LogP contribution < -0.4 is 10.9 Å². The molecule has 24 heavy (non-hydrogen) atoms. The van der Waals surface area contributed by atoms with Crippen LogP contribution in [0.3, 0.4) is 0 Å². The molecule has 1 aromatic rings. The third-order valence-corrected chi connectivity index (χ3v) is 4.60. The lowest BCUT2D eigenvalue weighted by Gasteiger charge is -2.36. The molecule has 130 valence electrons. The Labute approximate surface area is 140 Å². The van der Waals surface area contributed by atoms with Crippen molar-refractivity contribution in [2.45, 2.75) is 38.8 Å². The van der Waals surface area contributed by atoms with E-state index in [2.05, 4.69) is 10.4 Å². The second-order valence-electron chi connectivity index (χ2n) is 6.23. The van der Waals surface area contributed by atoms with E-state index >= 15 is 0 Å². The largest absolute Gasteiger partial charge is 0.337 e. The summed E-state index contributed by atoms with van der Waals surface area (Å²) < 4.78 is 1.34. The van der Waals surface area contributed by atoms with Crippen molar-refractivity contribution in [2.75, 3.05) is 26.2 Å². The first-order chi connectivity index (χ1) is 11.6. The molecule has 0 aliphatic carbocycles. The predicted octanol–water partition coefficient (Wildman–Crippen LogP) is 0.283. The fraction of sp³-hybridized carbons (Fsp3) is 0.625. The van der Waals surface area contributed by atoms with Gasteiger partial charge in [0.2, 0.25) is 0 Å². The van der Waals surface area contributed by atoms with Gasteiger partial charge < -0.3 is 15.1 Å². The zero-order valence-corrected chi connectivity index (χ0v) is 13.9. The Morgan fingerprint density at radius 2 is 2.00 bits per heavy atom. The second-order valence-corrected chi connectivity index (χ2v) is 6.23. The topological polar surface area (TPSA) is 87.5 Å². The number of rotatable bonds is 4. The highest BCUT2D eigenvalue weighted by Crippen LogP contribution is 2.19. The van der Waals surface area contributed by atoms with Gasteiger partial charge in [0, 0.05) is 44.8 Å². The molecule has 0 aromatic carbocycles. The standard InChI is InChI=1S/C16H23N5O3/c1-2-8-21-14(22)4-3-13(18-21)15(23)19-9-5-12(6-10-19)20-11-7-17-16(20)24/h3-4,12H,2,5-11H2,1H3,(H,17,24). The maximum atomic E-state index is 12.6. The molecule has 2 fully saturated rings. The van der Waals surface area contributed by atoms with Crippen molar-refractivity contribution >= 4 is 11.9 Å². The zero-order valence-electron chi connectivity index (χ0n) is 13.9. The average Bonchev–Trinajstić information content (AvgIpc) is 3.02. The normalized spacial score (nSPS) is 18.8. The number of carbonyl (C=O) groups excluding carboxylic acids is 2. The quantitative estimate of drug-likeness (QED) is 0.857. The summed E-state index contributed by atoms with van der Waals surface area (Å²) in [5.41, 5.74) is 0.118. The van der Waals surface area contributed by atoms with E-state index in [1.165, 1.54) is 16.8 Å². The van der Waals surface area contributed by atoms with Gasteiger partial charge in [-0.25, -0.2) is 9.48 Å². The Hall–Kier alpha value is -2.38. The Kier molecular flexibility index (Phi) is 4.82. The molecule has 0 bridgehead atoms. The summed E-state index contributed by atoms with van der Waals surface area (Å²) in [7, 11) is 0. The highest BCUT2D eigenvalue weighted by molar-refractivity contribution is 5.92. The van der Waals surface area contributed by atoms with Gasteiger partial charge in [-0.1, -0.05) is 6.92 Å². The average molecular weight is 333 g/mol. The molecule has 1 aromatic heterocycles. The highest BCUT2D eigenvalue weighted by Gasteiger charge is 2.32. The molecule has 1 N–H and O–H groups in total. The fourth-order valence-corrected chi connectivity index (χ4v) is 3.31. The van der Waals surface area contributed by atoms with Gasteiger partial charge in [0.1, 0.15) is 5.69 Å². The van der Waals surface area contributed by atoms with Gasteiger partial charge in [0.25, 0.3) is 11.5 Å². The van der Waals surface area contributed by atoms with Crippen LogP contribution >= 0.6 is 0 Å². The first kappa shape index (κ1) is 16.5. The van der Waals surface area contributed by atoms with E-state index in [4.69, 9.17) is 0 Å². The first-order valence-corrected chi connectivity index (χ1v) is 8.52. The number of carbonyl (C=O) groups is 2. The van der Waals surface area contributed by atoms with Crippen LogP contribution in [-0.4, -0.2) is 63.7 Å². The minimum atomic E-state index is -0.188. The van der Waals surface area contributed by atoms with Gasteiger partial charge in [0.15, 0.2) is 0 Å². The molecule has 0 atom stereocenters. The number of nitrogens with zero attached hydrogens (tertiary/aromatic N) is 4. The van der Waals surface area contributed by atoms with E-state index in [-0.39, 0.29) is 23.5 Å². The first-order valence-electron chi connectivity index (χ1n) is 8.52. The molecule has 0 unspecified atom stereocenters. The molecule has 8 heteroatoms. The third kappa shape index (κ3) is 3.27. The molecular weight excluding hydrogens is 310 g/mol. The predicted molar refractivity (Wildman–Crippen MR) is 87.8 cm³/mol. The molecule has 2 aliphatic heterocycles. The molecule has 2 aliphatic rings. The van der Waals surface area contributed by atoms with Gasteiger partial charge >= 0.3 is 6.03 Å². The van der Waals surface area contributed by atoms with Gasteiger partial charge in [-0.2, -0.15) is 5.10 Å². The van der Waals surface area contributed by atoms with Gasteiger partial charge in [0.05, 0.1) is 0 Å². The van der Waals surface area contributed by atoms with Gasteiger partial charge in [-0.15, -0.1) is 0 Å². The lowest BCUT2D eigenvalue weighted by Crippen LogP contribution is -2.48. The van der Waals surface area contributed by atoms with Crippen molar-refractivity contribution in [2.24, 2.45) is 0 Å². The van der Waals surface area contributed by atoms with E-state index in [0.717, 1.165) is 25.8 Å². The van der Waals surface area contributed by atoms with Crippen molar-refractivity contribution in [3.8, 4) is 0 Å². The highest BCUT2D eigenvalue weighted by atomic mass is 16.2. The van der Waals surface area contributed by atoms with Crippen molar-refractivity contribution < 1.29 is 9.59 Å². The zero-order chi connectivity index (χ0) is 17.1. The number of nitrogens with one attached hydrogen (secondary N) is 1. The summed E-state index contributed by atoms with van der Waals surface area (Å²) in [5, 5.41) is 7.00. The Morgan fingerprint density at radius 3 is 2.62 bits per heavy atom. The Bertz CT molecular complexity index is 679. The SMILES string of the molecule is CCCn1nc(C(=O)N2CCC(N3CCNC3=O)CC2)ccc1=O. The summed E-state index contributed by atoms with van der Waals surface area (Å²) >= 11 is 0. The molecule has 3 rings (SSSR count). The number of urea groups is 1. The van der Waals surface area contributed by atoms with Crippen LogP contribution in [0.1, 0.15) is 36.7 Å². The number of aryl methyl sites for hydroxylation is 1. The van der Waals surface area contributed by atoms with Crippen LogP contribution in [-0.2, 0) is 6.54 Å². The van der Waals surface area contributed by atoms with Crippen LogP contribution in [0.5, 0.6) is 0 Å². The second kappa shape index (κ2) is 7.02. The van der Waals surface area contributed by atoms with Crippen LogP contribution in [0.4, 0.5) is 4.79 Å². The third-order valence-electron chi connectivity index (χ3n) is 4.60. The van der Waals surface area contributed by atoms with Gasteiger partial charge in [-0.3, -0.25) is 9.59 Å². The van der Waals surface area contributed by atoms with E-state index in [1.807, 2.05) is 11.8 Å². The minimum Gasteiger partial charge on any atom is -0.337 e. The number of aromatic nitrogens is 2. The van der Waals surface area contributed by atoms with Crippen LogP contribution in [0.25, 0.3) is 0 Å². The molecule has 2 saturated heterocycles. The summed E-state index contributed by atoms with van der Waals surface area (Å²) in [6.07, 6.45) is 2.33. The summed E-state index contributed by atoms with van der Waals surface area (Å²) in [4.78, 5) is 39.7. The summed E-state index contributed by atoms with van der Waals surface area (Å²) in [5.74, 6) is -0.149. The molecule has 8 nitrogen and oxygen atoms in total. The van der Waals surface area contributed by atoms with Crippen LogP contribution in [0.15, 0.2) is 16.9 Å². The van der Waals surface area contributed by atoms with E-state index < -0.39 is 0 Å². The maximum absolute atomic E-state index is 12.6. The van der Waals surface area contributed by atoms with Gasteiger partial charge in [-0.05, 0) is 25.3 Å². The lowest BCUT2D eigenvalue weighted by molar-refractivity contribution is 0.0657. The van der Waals surface area contributed by atoms with E-state index in [9.17, 15) is 14.4 Å². The van der Waals surface area contributed by atoms with E-state index in [1.54, 1.807) is 4.90 Å². The van der Waals surface area contributed by atoms with Crippen molar-refractivity contribution in [3.05, 3.63) is 28.2 Å². The van der Waals surface area contributed by atoms with Crippen LogP contribution in [0, 0.1) is 0 Å². The molecule has 3 heterocycles. The fourth-order valence-electron chi connectivity index (χ4n) is 3.31. The molecular formula is C16H23N5O3. The number of hydrogen-bond donors (Lipinski definition) is 1. The monoisotopic (exact) mass is 333 g/mol. The lowest BCUT2D eigenvalue weighted by atomic mass is 10.0. The van der Waals surface area contributed by atoms with Crippen molar-refractivity contribution in [1.82, 2.24) is 24.9 Å². The van der Waals surface area contributed by atoms with Crippen molar-refractivity contribution in [1.29, 1.82) is 0 Å². The number of piperidine rings is 1. The number of amides is 3. The number of likely N-dealkylation sites (tertiary alicyclic amines) is 1. The molecule has 3 amide bonds. The molecule has 0 spiro atoms. The smallest absolute Gasteiger partial charge is 0.317 e. The Morgan fingerprint density at radius 1 is 1.25 bits per heavy atom. The molecule has 0 radical (unpaired) electrons. The summed E-state index contributed by atoms with van der Waals surface area (Å²) in [6, 6.07) is 3.08.